The van der Waals surface area contributed by atoms with Crippen molar-refractivity contribution < 1.29 is 0 Å². The molecule has 0 saturated heterocycles. The van der Waals surface area contributed by atoms with Gasteiger partial charge in [-0.25, -0.2) is 0 Å². The molecular weight excluding hydrogens is 168 g/mol. The van der Waals surface area contributed by atoms with Crippen molar-refractivity contribution in [2.75, 3.05) is 0 Å². The molecule has 0 radical (unpaired) electrons. The minimum atomic E-state index is 1.19. The van der Waals surface area contributed by atoms with Gasteiger partial charge in [-0.1, -0.05) is 42.9 Å². The summed E-state index contributed by atoms with van der Waals surface area (Å²) >= 11 is 0. The highest BCUT2D eigenvalue weighted by molar-refractivity contribution is 5.13. The Morgan fingerprint density at radius 2 is 1.36 bits per heavy atom. The summed E-state index contributed by atoms with van der Waals surface area (Å²) in [7, 11) is 0. The Hall–Kier alpha value is -1.26. The predicted octanol–water partition coefficient (Wildman–Crippen LogP) is 4.33. The van der Waals surface area contributed by atoms with Crippen LogP contribution in [0.25, 0.3) is 0 Å². The SMILES string of the molecule is C1=CC=CCCCCC/C=C\C=C/C=1. The lowest BCUT2D eigenvalue weighted by atomic mass is 10.1. The van der Waals surface area contributed by atoms with E-state index in [4.69, 9.17) is 0 Å². The molecule has 0 amide bonds. The molecule has 1 aliphatic carbocycles. The lowest BCUT2D eigenvalue weighted by Gasteiger charge is -1.94. The minimum Gasteiger partial charge on any atom is -0.121 e. The smallest absolute Gasteiger partial charge is 0.0200 e. The first-order valence-corrected chi connectivity index (χ1v) is 5.39. The first-order valence-electron chi connectivity index (χ1n) is 5.39. The van der Waals surface area contributed by atoms with E-state index in [2.05, 4.69) is 36.1 Å². The maximum atomic E-state index is 3.08. The molecule has 1 rings (SSSR count). The van der Waals surface area contributed by atoms with Gasteiger partial charge in [-0.15, -0.1) is 5.73 Å². The van der Waals surface area contributed by atoms with Gasteiger partial charge in [0.1, 0.15) is 0 Å². The van der Waals surface area contributed by atoms with E-state index in [1.54, 1.807) is 0 Å². The van der Waals surface area contributed by atoms with Crippen molar-refractivity contribution in [1.82, 2.24) is 0 Å². The van der Waals surface area contributed by atoms with Crippen molar-refractivity contribution in [1.29, 1.82) is 0 Å². The molecule has 0 atom stereocenters. The van der Waals surface area contributed by atoms with Crippen LogP contribution < -0.4 is 0 Å². The summed E-state index contributed by atoms with van der Waals surface area (Å²) in [6.07, 6.45) is 22.9. The van der Waals surface area contributed by atoms with Crippen molar-refractivity contribution in [3.63, 3.8) is 0 Å². The third-order valence-corrected chi connectivity index (χ3v) is 2.12. The first-order chi connectivity index (χ1) is 7.00. The van der Waals surface area contributed by atoms with Gasteiger partial charge in [0.25, 0.3) is 0 Å². The number of hydrogen-bond donors (Lipinski definition) is 0. The monoisotopic (exact) mass is 186 g/mol. The van der Waals surface area contributed by atoms with E-state index in [0.29, 0.717) is 0 Å². The van der Waals surface area contributed by atoms with Crippen molar-refractivity contribution in [3.05, 3.63) is 54.3 Å². The van der Waals surface area contributed by atoms with E-state index in [1.165, 1.54) is 32.1 Å². The van der Waals surface area contributed by atoms with Gasteiger partial charge in [-0.05, 0) is 37.8 Å². The molecule has 0 aliphatic heterocycles. The molecule has 0 nitrogen and oxygen atoms in total. The van der Waals surface area contributed by atoms with Crippen LogP contribution in [0.3, 0.4) is 0 Å². The summed E-state index contributed by atoms with van der Waals surface area (Å²) < 4.78 is 0. The van der Waals surface area contributed by atoms with Crippen LogP contribution in [0.4, 0.5) is 0 Å². The molecule has 0 N–H and O–H groups in total. The summed E-state index contributed by atoms with van der Waals surface area (Å²) in [5.41, 5.74) is 3.08. The Labute approximate surface area is 87.0 Å². The molecule has 0 unspecified atom stereocenters. The highest BCUT2D eigenvalue weighted by Gasteiger charge is 1.84. The van der Waals surface area contributed by atoms with Crippen molar-refractivity contribution in [3.8, 4) is 0 Å². The van der Waals surface area contributed by atoms with Gasteiger partial charge in [0.2, 0.25) is 0 Å². The molecule has 0 saturated carbocycles. The molecule has 74 valence electrons. The van der Waals surface area contributed by atoms with Crippen LogP contribution in [-0.2, 0) is 0 Å². The van der Waals surface area contributed by atoms with Crippen molar-refractivity contribution in [2.24, 2.45) is 0 Å². The van der Waals surface area contributed by atoms with Crippen molar-refractivity contribution >= 4 is 0 Å². The maximum absolute atomic E-state index is 3.08. The quantitative estimate of drug-likeness (QED) is 0.494. The summed E-state index contributed by atoms with van der Waals surface area (Å²) in [4.78, 5) is 0. The van der Waals surface area contributed by atoms with Crippen LogP contribution in [-0.4, -0.2) is 0 Å². The predicted molar refractivity (Wildman–Crippen MR) is 63.2 cm³/mol. The molecule has 14 heavy (non-hydrogen) atoms. The standard InChI is InChI=1S/C14H18/c1-2-4-6-8-10-12-14-13-11-9-7-5-3-1/h1-5,9,11,13H,6,8,10,12,14H2/b3-1-,4-2-,13-11?. The van der Waals surface area contributed by atoms with Crippen LogP contribution in [0, 0.1) is 0 Å². The van der Waals surface area contributed by atoms with E-state index in [-0.39, 0.29) is 0 Å². The second-order valence-electron chi connectivity index (χ2n) is 3.38. The summed E-state index contributed by atoms with van der Waals surface area (Å²) in [6, 6.07) is 0. The summed E-state index contributed by atoms with van der Waals surface area (Å²) in [5, 5.41) is 0. The highest BCUT2D eigenvalue weighted by atomic mass is 13.9. The number of hydrogen-bond acceptors (Lipinski definition) is 0. The fourth-order valence-electron chi connectivity index (χ4n) is 1.33. The zero-order valence-electron chi connectivity index (χ0n) is 8.65. The van der Waals surface area contributed by atoms with Crippen LogP contribution in [0.2, 0.25) is 0 Å². The molecule has 0 heteroatoms. The van der Waals surface area contributed by atoms with Gasteiger partial charge in [0.05, 0.1) is 0 Å². The molecule has 0 bridgehead atoms. The van der Waals surface area contributed by atoms with Crippen LogP contribution in [0.15, 0.2) is 54.3 Å². The topological polar surface area (TPSA) is 0 Å². The summed E-state index contributed by atoms with van der Waals surface area (Å²) in [5.74, 6) is 0. The third kappa shape index (κ3) is 6.28. The van der Waals surface area contributed by atoms with E-state index in [1.807, 2.05) is 18.2 Å². The van der Waals surface area contributed by atoms with Crippen molar-refractivity contribution in [2.45, 2.75) is 32.1 Å². The van der Waals surface area contributed by atoms with Gasteiger partial charge in [0, 0.05) is 0 Å². The molecular formula is C14H18. The molecule has 0 fully saturated rings. The normalized spacial score (nSPS) is 22.9. The molecule has 0 heterocycles. The molecule has 0 aromatic rings. The fourth-order valence-corrected chi connectivity index (χ4v) is 1.33. The zero-order chi connectivity index (χ0) is 9.90. The van der Waals surface area contributed by atoms with Gasteiger partial charge in [-0.3, -0.25) is 0 Å². The maximum Gasteiger partial charge on any atom is -0.0200 e. The largest absolute Gasteiger partial charge is 0.121 e. The Morgan fingerprint density at radius 3 is 2.21 bits per heavy atom. The Morgan fingerprint density at radius 1 is 0.643 bits per heavy atom. The third-order valence-electron chi connectivity index (χ3n) is 2.12. The van der Waals surface area contributed by atoms with E-state index < -0.39 is 0 Å². The Balaban J connectivity index is 2.48. The van der Waals surface area contributed by atoms with Gasteiger partial charge < -0.3 is 0 Å². The minimum absolute atomic E-state index is 1.19. The molecule has 0 spiro atoms. The van der Waals surface area contributed by atoms with E-state index >= 15 is 0 Å². The fraction of sp³-hybridized carbons (Fsp3) is 0.357. The number of rotatable bonds is 0. The lowest BCUT2D eigenvalue weighted by molar-refractivity contribution is 0.696. The molecule has 1 aliphatic rings. The Bertz CT molecular complexity index is 270. The lowest BCUT2D eigenvalue weighted by Crippen LogP contribution is -1.74. The van der Waals surface area contributed by atoms with Crippen LogP contribution in [0.1, 0.15) is 32.1 Å². The highest BCUT2D eigenvalue weighted by Crippen LogP contribution is 2.04. The zero-order valence-corrected chi connectivity index (χ0v) is 8.65. The molecule has 0 aromatic heterocycles. The Kier molecular flexibility index (Phi) is 6.45. The summed E-state index contributed by atoms with van der Waals surface area (Å²) in [6.45, 7) is 0. The van der Waals surface area contributed by atoms with E-state index in [0.717, 1.165) is 0 Å². The van der Waals surface area contributed by atoms with Gasteiger partial charge in [-0.2, -0.15) is 0 Å². The van der Waals surface area contributed by atoms with Gasteiger partial charge in [0.15, 0.2) is 0 Å². The van der Waals surface area contributed by atoms with Gasteiger partial charge >= 0.3 is 0 Å². The van der Waals surface area contributed by atoms with Crippen LogP contribution in [0.5, 0.6) is 0 Å². The second kappa shape index (κ2) is 8.34. The average Bonchev–Trinajstić information content (AvgIpc) is 2.22. The van der Waals surface area contributed by atoms with Crippen LogP contribution >= 0.6 is 0 Å². The molecule has 0 aromatic carbocycles. The average molecular weight is 186 g/mol. The first kappa shape index (κ1) is 10.8. The number of allylic oxidation sites excluding steroid dienone is 7. The second-order valence-corrected chi connectivity index (χ2v) is 3.38. The van der Waals surface area contributed by atoms with E-state index in [9.17, 15) is 0 Å².